The molecule has 0 radical (unpaired) electrons. The summed E-state index contributed by atoms with van der Waals surface area (Å²) in [5.74, 6) is -0.815. The molecule has 4 aromatic rings. The molecule has 1 fully saturated rings. The standard InChI is InChI=1S/C29H26N4O8S/c1-16-3-9-21(10-4-16)33-28(17(2)26(31-33)29(35)36)41-23-12-8-20(14-25(23)42(37,38)32-19-6-7-19)30-27(34)18-5-11-22-24(13-18)40-15-39-22/h3-5,8-14,19,32H,6-7,15H2,1-2H3,(H,30,34)(H,35,36). The van der Waals surface area contributed by atoms with Crippen LogP contribution in [0.2, 0.25) is 0 Å². The van der Waals surface area contributed by atoms with Crippen LogP contribution in [0.1, 0.15) is 44.8 Å². The Labute approximate surface area is 240 Å². The molecule has 12 nitrogen and oxygen atoms in total. The maximum Gasteiger partial charge on any atom is 0.356 e. The van der Waals surface area contributed by atoms with Crippen molar-refractivity contribution in [1.82, 2.24) is 14.5 Å². The molecule has 2 heterocycles. The normalized spacial score (nSPS) is 14.0. The third-order valence-electron chi connectivity index (χ3n) is 6.78. The number of hydrogen-bond donors (Lipinski definition) is 3. The predicted octanol–water partition coefficient (Wildman–Crippen LogP) is 4.40. The third kappa shape index (κ3) is 5.39. The number of carboxylic acids is 1. The van der Waals surface area contributed by atoms with E-state index < -0.39 is 21.9 Å². The molecule has 13 heteroatoms. The van der Waals surface area contributed by atoms with Gasteiger partial charge in [-0.15, -0.1) is 0 Å². The van der Waals surface area contributed by atoms with E-state index >= 15 is 0 Å². The Bertz CT molecular complexity index is 1830. The molecule has 216 valence electrons. The van der Waals surface area contributed by atoms with Gasteiger partial charge in [-0.2, -0.15) is 9.78 Å². The number of sulfonamides is 1. The van der Waals surface area contributed by atoms with Crippen molar-refractivity contribution in [3.63, 3.8) is 0 Å². The second-order valence-corrected chi connectivity index (χ2v) is 11.7. The summed E-state index contributed by atoms with van der Waals surface area (Å²) >= 11 is 0. The Balaban J connectivity index is 1.38. The highest BCUT2D eigenvalue weighted by Gasteiger charge is 2.31. The fourth-order valence-corrected chi connectivity index (χ4v) is 5.83. The van der Waals surface area contributed by atoms with Gasteiger partial charge >= 0.3 is 5.97 Å². The molecule has 2 aliphatic rings. The van der Waals surface area contributed by atoms with Crippen LogP contribution in [-0.4, -0.2) is 48.0 Å². The molecule has 0 saturated heterocycles. The van der Waals surface area contributed by atoms with E-state index in [9.17, 15) is 23.1 Å². The van der Waals surface area contributed by atoms with E-state index in [-0.39, 0.29) is 46.3 Å². The largest absolute Gasteiger partial charge is 0.476 e. The first-order chi connectivity index (χ1) is 20.1. The number of aromatic carboxylic acids is 1. The fraction of sp³-hybridized carbons (Fsp3) is 0.207. The molecule has 1 amide bonds. The maximum atomic E-state index is 13.5. The number of amides is 1. The molecular weight excluding hydrogens is 564 g/mol. The molecule has 0 spiro atoms. The van der Waals surface area contributed by atoms with Crippen molar-refractivity contribution in [3.05, 3.63) is 83.0 Å². The van der Waals surface area contributed by atoms with Crippen molar-refractivity contribution in [3.8, 4) is 28.8 Å². The van der Waals surface area contributed by atoms with Crippen molar-refractivity contribution in [1.29, 1.82) is 0 Å². The van der Waals surface area contributed by atoms with Gasteiger partial charge < -0.3 is 24.6 Å². The van der Waals surface area contributed by atoms with Crippen LogP contribution in [0, 0.1) is 13.8 Å². The van der Waals surface area contributed by atoms with Crippen molar-refractivity contribution in [2.24, 2.45) is 0 Å². The van der Waals surface area contributed by atoms with Crippen LogP contribution in [0.5, 0.6) is 23.1 Å². The van der Waals surface area contributed by atoms with Crippen molar-refractivity contribution in [2.45, 2.75) is 37.6 Å². The van der Waals surface area contributed by atoms with Gasteiger partial charge in [0.15, 0.2) is 17.2 Å². The molecule has 0 unspecified atom stereocenters. The number of nitrogens with zero attached hydrogens (tertiary/aromatic N) is 2. The van der Waals surface area contributed by atoms with Gasteiger partial charge in [0.2, 0.25) is 22.7 Å². The number of rotatable bonds is 9. The minimum atomic E-state index is -4.09. The lowest BCUT2D eigenvalue weighted by Gasteiger charge is -2.16. The van der Waals surface area contributed by atoms with Crippen molar-refractivity contribution >= 4 is 27.6 Å². The number of fused-ring (bicyclic) bond motifs is 1. The number of carboxylic acid groups (broad SMARTS) is 1. The molecule has 0 bridgehead atoms. The molecule has 3 N–H and O–H groups in total. The topological polar surface area (TPSA) is 158 Å². The van der Waals surface area contributed by atoms with E-state index in [0.29, 0.717) is 35.6 Å². The number of aryl methyl sites for hydroxylation is 1. The Morgan fingerprint density at radius 3 is 2.45 bits per heavy atom. The molecular formula is C29H26N4O8S. The molecule has 1 aromatic heterocycles. The van der Waals surface area contributed by atoms with Crippen LogP contribution in [0.25, 0.3) is 5.69 Å². The van der Waals surface area contributed by atoms with Crippen molar-refractivity contribution < 1.29 is 37.3 Å². The first-order valence-electron chi connectivity index (χ1n) is 13.0. The van der Waals surface area contributed by atoms with Gasteiger partial charge in [0, 0.05) is 22.9 Å². The Morgan fingerprint density at radius 1 is 1.00 bits per heavy atom. The summed E-state index contributed by atoms with van der Waals surface area (Å²) in [6, 6.07) is 15.9. The number of ether oxygens (including phenoxy) is 3. The summed E-state index contributed by atoms with van der Waals surface area (Å²) in [7, 11) is -4.09. The first-order valence-corrected chi connectivity index (χ1v) is 14.5. The van der Waals surface area contributed by atoms with Crippen LogP contribution in [0.3, 0.4) is 0 Å². The molecule has 1 aliphatic carbocycles. The second kappa shape index (κ2) is 10.5. The summed E-state index contributed by atoms with van der Waals surface area (Å²) in [6.07, 6.45) is 1.41. The average molecular weight is 591 g/mol. The van der Waals surface area contributed by atoms with Crippen LogP contribution < -0.4 is 24.2 Å². The molecule has 3 aromatic carbocycles. The summed E-state index contributed by atoms with van der Waals surface area (Å²) in [6.45, 7) is 3.51. The Morgan fingerprint density at radius 2 is 1.74 bits per heavy atom. The molecule has 42 heavy (non-hydrogen) atoms. The summed E-state index contributed by atoms with van der Waals surface area (Å²) in [4.78, 5) is 24.7. The zero-order valence-electron chi connectivity index (χ0n) is 22.6. The van der Waals surface area contributed by atoms with Gasteiger partial charge in [0.05, 0.1) is 5.69 Å². The van der Waals surface area contributed by atoms with Crippen molar-refractivity contribution in [2.75, 3.05) is 12.1 Å². The summed E-state index contributed by atoms with van der Waals surface area (Å²) in [5, 5.41) is 16.7. The van der Waals surface area contributed by atoms with Crippen LogP contribution in [-0.2, 0) is 10.0 Å². The van der Waals surface area contributed by atoms with Crippen LogP contribution in [0.4, 0.5) is 5.69 Å². The minimum absolute atomic E-state index is 0.0382. The molecule has 1 saturated carbocycles. The van der Waals surface area contributed by atoms with Gasteiger partial charge in [-0.3, -0.25) is 4.79 Å². The number of nitrogens with one attached hydrogen (secondary N) is 2. The van der Waals surface area contributed by atoms with E-state index in [0.717, 1.165) is 5.56 Å². The minimum Gasteiger partial charge on any atom is -0.476 e. The third-order valence-corrected chi connectivity index (χ3v) is 8.32. The van der Waals surface area contributed by atoms with E-state index in [2.05, 4.69) is 15.1 Å². The highest BCUT2D eigenvalue weighted by atomic mass is 32.2. The molecule has 0 atom stereocenters. The number of hydrogen-bond acceptors (Lipinski definition) is 8. The first kappa shape index (κ1) is 27.3. The van der Waals surface area contributed by atoms with Gasteiger partial charge in [-0.25, -0.2) is 17.9 Å². The lowest BCUT2D eigenvalue weighted by molar-refractivity contribution is 0.0689. The zero-order chi connectivity index (χ0) is 29.6. The van der Waals surface area contributed by atoms with Crippen LogP contribution in [0.15, 0.2) is 65.6 Å². The Hall–Kier alpha value is -4.88. The number of aromatic nitrogens is 2. The van der Waals surface area contributed by atoms with Gasteiger partial charge in [0.1, 0.15) is 10.6 Å². The van der Waals surface area contributed by atoms with E-state index in [4.69, 9.17) is 14.2 Å². The highest BCUT2D eigenvalue weighted by molar-refractivity contribution is 7.89. The van der Waals surface area contributed by atoms with Gasteiger partial charge in [-0.05, 0) is 75.2 Å². The monoisotopic (exact) mass is 590 g/mol. The SMILES string of the molecule is Cc1ccc(-n2nc(C(=O)O)c(C)c2Oc2ccc(NC(=O)c3ccc4c(c3)OCO4)cc2S(=O)(=O)NC2CC2)cc1. The fourth-order valence-electron chi connectivity index (χ4n) is 4.37. The number of benzene rings is 3. The maximum absolute atomic E-state index is 13.5. The zero-order valence-corrected chi connectivity index (χ0v) is 23.4. The van der Waals surface area contributed by atoms with Gasteiger partial charge in [-0.1, -0.05) is 17.7 Å². The summed E-state index contributed by atoms with van der Waals surface area (Å²) in [5.41, 5.74) is 1.98. The Kier molecular flexibility index (Phi) is 6.83. The van der Waals surface area contributed by atoms with E-state index in [1.54, 1.807) is 24.3 Å². The molecule has 6 rings (SSSR count). The smallest absolute Gasteiger partial charge is 0.356 e. The summed E-state index contributed by atoms with van der Waals surface area (Å²) < 4.78 is 47.7. The number of carbonyl (C=O) groups is 2. The van der Waals surface area contributed by atoms with E-state index in [1.165, 1.54) is 35.9 Å². The molecule has 1 aliphatic heterocycles. The number of anilines is 1. The average Bonchev–Trinajstić information content (AvgIpc) is 3.52. The second-order valence-electron chi connectivity index (χ2n) is 10.0. The lowest BCUT2D eigenvalue weighted by Crippen LogP contribution is -2.26. The predicted molar refractivity (Wildman–Crippen MR) is 150 cm³/mol. The van der Waals surface area contributed by atoms with Gasteiger partial charge in [0.25, 0.3) is 5.91 Å². The highest BCUT2D eigenvalue weighted by Crippen LogP contribution is 2.37. The van der Waals surface area contributed by atoms with Crippen LogP contribution >= 0.6 is 0 Å². The van der Waals surface area contributed by atoms with E-state index in [1.807, 2.05) is 19.1 Å². The number of carbonyl (C=O) groups excluding carboxylic acids is 1. The quantitative estimate of drug-likeness (QED) is 0.257. The lowest BCUT2D eigenvalue weighted by atomic mass is 10.2.